The number of hydrogen-bond donors (Lipinski definition) is 2. The van der Waals surface area contributed by atoms with Crippen LogP contribution < -0.4 is 15.9 Å². The number of nitrogens with two attached hydrogens (primary N) is 1. The van der Waals surface area contributed by atoms with Gasteiger partial charge in [0.25, 0.3) is 0 Å². The lowest BCUT2D eigenvalue weighted by atomic mass is 10.2. The molecular weight excluding hydrogens is 324 g/mol. The number of thiazole rings is 1. The number of aromatic nitrogens is 2. The maximum Gasteiger partial charge on any atom is 0.237 e. The highest BCUT2D eigenvalue weighted by Crippen LogP contribution is 2.22. The second kappa shape index (κ2) is 7.21. The Kier molecular flexibility index (Phi) is 4.65. The molecule has 2 heterocycles. The Morgan fingerprint density at radius 3 is 2.83 bits per heavy atom. The molecule has 3 aromatic rings. The molecule has 0 atom stereocenters. The summed E-state index contributed by atoms with van der Waals surface area (Å²) in [4.78, 5) is 8.09. The van der Waals surface area contributed by atoms with Crippen LogP contribution >= 0.6 is 11.3 Å². The summed E-state index contributed by atoms with van der Waals surface area (Å²) in [5.74, 6) is 1.33. The molecule has 0 fully saturated rings. The zero-order valence-electron chi connectivity index (χ0n) is 12.4. The van der Waals surface area contributed by atoms with Crippen molar-refractivity contribution in [2.24, 2.45) is 5.10 Å². The Morgan fingerprint density at radius 2 is 2.12 bits per heavy atom. The molecule has 1 aromatic carbocycles. The normalized spacial score (nSPS) is 10.5. The van der Waals surface area contributed by atoms with Crippen LogP contribution in [0.25, 0.3) is 0 Å². The van der Waals surface area contributed by atoms with Gasteiger partial charge in [0, 0.05) is 11.6 Å². The number of hydrogen-bond acceptors (Lipinski definition) is 8. The molecule has 0 aliphatic rings. The van der Waals surface area contributed by atoms with E-state index in [-0.39, 0.29) is 5.88 Å². The third-order valence-electron chi connectivity index (χ3n) is 2.88. The van der Waals surface area contributed by atoms with E-state index in [0.29, 0.717) is 22.3 Å². The first kappa shape index (κ1) is 15.5. The maximum absolute atomic E-state index is 9.03. The molecule has 0 radical (unpaired) electrons. The van der Waals surface area contributed by atoms with Crippen LogP contribution in [0.4, 0.5) is 10.9 Å². The largest absolute Gasteiger partial charge is 0.438 e. The van der Waals surface area contributed by atoms with Crippen molar-refractivity contribution in [3.8, 4) is 17.7 Å². The number of pyridine rings is 1. The van der Waals surface area contributed by atoms with Gasteiger partial charge in [0.05, 0.1) is 6.21 Å². The number of rotatable bonds is 5. The zero-order chi connectivity index (χ0) is 16.8. The maximum atomic E-state index is 9.03. The lowest BCUT2D eigenvalue weighted by molar-refractivity contribution is 0.461. The standard InChI is InChI=1S/C16H12N6OS/c17-8-12-2-1-7-19-15(12)23-13-5-3-11(4-6-13)9-20-22-16-21-14(18)10-24-16/h1-7,9-10H,18H2,(H,21,22). The SMILES string of the molecule is N#Cc1cccnc1Oc1ccc(C=NNc2nc(N)cs2)cc1. The molecule has 118 valence electrons. The van der Waals surface area contributed by atoms with E-state index in [1.54, 1.807) is 42.1 Å². The predicted molar refractivity (Wildman–Crippen MR) is 93.2 cm³/mol. The summed E-state index contributed by atoms with van der Waals surface area (Å²) in [6, 6.07) is 12.6. The quantitative estimate of drug-likeness (QED) is 0.547. The minimum atomic E-state index is 0.282. The van der Waals surface area contributed by atoms with Crippen LogP contribution in [0.15, 0.2) is 53.1 Å². The second-order valence-corrected chi connectivity index (χ2v) is 5.44. The third-order valence-corrected chi connectivity index (χ3v) is 3.65. The van der Waals surface area contributed by atoms with Gasteiger partial charge in [-0.2, -0.15) is 10.4 Å². The van der Waals surface area contributed by atoms with Crippen molar-refractivity contribution in [1.29, 1.82) is 5.26 Å². The number of nitrogen functional groups attached to an aromatic ring is 1. The number of ether oxygens (including phenoxy) is 1. The number of benzene rings is 1. The van der Waals surface area contributed by atoms with E-state index in [4.69, 9.17) is 15.7 Å². The lowest BCUT2D eigenvalue weighted by Gasteiger charge is -2.05. The summed E-state index contributed by atoms with van der Waals surface area (Å²) < 4.78 is 5.62. The molecule has 2 aromatic heterocycles. The van der Waals surface area contributed by atoms with Crippen LogP contribution in [0.1, 0.15) is 11.1 Å². The molecule has 24 heavy (non-hydrogen) atoms. The second-order valence-electron chi connectivity index (χ2n) is 4.59. The fourth-order valence-corrected chi connectivity index (χ4v) is 2.34. The molecule has 0 aliphatic carbocycles. The first-order valence-corrected chi connectivity index (χ1v) is 7.75. The van der Waals surface area contributed by atoms with Gasteiger partial charge in [-0.25, -0.2) is 9.97 Å². The molecule has 0 saturated heterocycles. The molecule has 0 unspecified atom stereocenters. The van der Waals surface area contributed by atoms with E-state index >= 15 is 0 Å². The van der Waals surface area contributed by atoms with E-state index in [0.717, 1.165) is 5.56 Å². The summed E-state index contributed by atoms with van der Waals surface area (Å²) >= 11 is 1.38. The molecule has 8 heteroatoms. The van der Waals surface area contributed by atoms with Crippen LogP contribution in [-0.4, -0.2) is 16.2 Å². The number of nitrogens with one attached hydrogen (secondary N) is 1. The number of anilines is 2. The van der Waals surface area contributed by atoms with Gasteiger partial charge in [0.2, 0.25) is 11.0 Å². The summed E-state index contributed by atoms with van der Waals surface area (Å²) in [5, 5.41) is 15.5. The summed E-state index contributed by atoms with van der Waals surface area (Å²) in [6.07, 6.45) is 3.23. The van der Waals surface area contributed by atoms with Crippen LogP contribution in [0.5, 0.6) is 11.6 Å². The fraction of sp³-hybridized carbons (Fsp3) is 0. The van der Waals surface area contributed by atoms with Crippen molar-refractivity contribution in [3.05, 3.63) is 59.1 Å². The van der Waals surface area contributed by atoms with Crippen LogP contribution in [0.2, 0.25) is 0 Å². The van der Waals surface area contributed by atoms with E-state index in [2.05, 4.69) is 20.5 Å². The molecule has 0 bridgehead atoms. The van der Waals surface area contributed by atoms with Crippen LogP contribution in [0.3, 0.4) is 0 Å². The average molecular weight is 336 g/mol. The van der Waals surface area contributed by atoms with E-state index in [9.17, 15) is 0 Å². The summed E-state index contributed by atoms with van der Waals surface area (Å²) in [6.45, 7) is 0. The van der Waals surface area contributed by atoms with E-state index in [1.165, 1.54) is 11.3 Å². The molecule has 0 amide bonds. The van der Waals surface area contributed by atoms with Crippen molar-refractivity contribution in [3.63, 3.8) is 0 Å². The smallest absolute Gasteiger partial charge is 0.237 e. The number of nitrogens with zero attached hydrogens (tertiary/aromatic N) is 4. The van der Waals surface area contributed by atoms with Crippen molar-refractivity contribution in [2.45, 2.75) is 0 Å². The van der Waals surface area contributed by atoms with Gasteiger partial charge in [0.1, 0.15) is 23.2 Å². The highest BCUT2D eigenvalue weighted by atomic mass is 32.1. The van der Waals surface area contributed by atoms with Gasteiger partial charge in [-0.05, 0) is 42.0 Å². The Morgan fingerprint density at radius 1 is 1.29 bits per heavy atom. The highest BCUT2D eigenvalue weighted by Gasteiger charge is 2.05. The van der Waals surface area contributed by atoms with Crippen molar-refractivity contribution in [2.75, 3.05) is 11.2 Å². The van der Waals surface area contributed by atoms with Gasteiger partial charge in [-0.1, -0.05) is 0 Å². The highest BCUT2D eigenvalue weighted by molar-refractivity contribution is 7.14. The molecular formula is C16H12N6OS. The van der Waals surface area contributed by atoms with E-state index in [1.807, 2.05) is 18.2 Å². The van der Waals surface area contributed by atoms with Crippen molar-refractivity contribution < 1.29 is 4.74 Å². The molecule has 0 saturated carbocycles. The minimum Gasteiger partial charge on any atom is -0.438 e. The van der Waals surface area contributed by atoms with Gasteiger partial charge < -0.3 is 10.5 Å². The molecule has 3 rings (SSSR count). The Balaban J connectivity index is 1.64. The molecule has 0 aliphatic heterocycles. The Bertz CT molecular complexity index is 897. The molecule has 3 N–H and O–H groups in total. The van der Waals surface area contributed by atoms with E-state index < -0.39 is 0 Å². The molecule has 7 nitrogen and oxygen atoms in total. The van der Waals surface area contributed by atoms with Crippen molar-refractivity contribution in [1.82, 2.24) is 9.97 Å². The third kappa shape index (κ3) is 3.85. The minimum absolute atomic E-state index is 0.282. The van der Waals surface area contributed by atoms with Crippen LogP contribution in [0, 0.1) is 11.3 Å². The fourth-order valence-electron chi connectivity index (χ4n) is 1.79. The Hall–Kier alpha value is -3.44. The predicted octanol–water partition coefficient (Wildman–Crippen LogP) is 3.23. The van der Waals surface area contributed by atoms with Crippen molar-refractivity contribution >= 4 is 28.5 Å². The monoisotopic (exact) mass is 336 g/mol. The zero-order valence-corrected chi connectivity index (χ0v) is 13.2. The van der Waals surface area contributed by atoms with Gasteiger partial charge in [-0.3, -0.25) is 5.43 Å². The number of nitriles is 1. The first-order chi connectivity index (χ1) is 11.7. The topological polar surface area (TPSA) is 109 Å². The molecule has 0 spiro atoms. The first-order valence-electron chi connectivity index (χ1n) is 6.88. The van der Waals surface area contributed by atoms with Crippen LogP contribution in [-0.2, 0) is 0 Å². The summed E-state index contributed by atoms with van der Waals surface area (Å²) in [7, 11) is 0. The van der Waals surface area contributed by atoms with Gasteiger partial charge >= 0.3 is 0 Å². The van der Waals surface area contributed by atoms with Gasteiger partial charge in [0.15, 0.2) is 0 Å². The van der Waals surface area contributed by atoms with Gasteiger partial charge in [-0.15, -0.1) is 11.3 Å². The lowest BCUT2D eigenvalue weighted by Crippen LogP contribution is -1.93. The Labute approximate surface area is 142 Å². The average Bonchev–Trinajstić information content (AvgIpc) is 3.02. The summed E-state index contributed by atoms with van der Waals surface area (Å²) in [5.41, 5.74) is 9.59. The number of hydrazone groups is 1.